The van der Waals surface area contributed by atoms with Crippen LogP contribution < -0.4 is 0 Å². The van der Waals surface area contributed by atoms with Crippen LogP contribution >= 0.6 is 11.6 Å². The molecule has 0 saturated carbocycles. The number of allylic oxidation sites excluding steroid dienone is 3. The molecular formula is C20H16ClF5. The van der Waals surface area contributed by atoms with Crippen LogP contribution in [0.2, 0.25) is 5.02 Å². The lowest BCUT2D eigenvalue weighted by Crippen LogP contribution is -2.08. The van der Waals surface area contributed by atoms with Crippen LogP contribution in [0.4, 0.5) is 22.0 Å². The number of rotatable bonds is 7. The molecule has 0 aromatic heterocycles. The molecule has 138 valence electrons. The summed E-state index contributed by atoms with van der Waals surface area (Å²) in [5, 5.41) is -1.20. The Morgan fingerprint density at radius 2 is 1.46 bits per heavy atom. The molecule has 0 bridgehead atoms. The van der Waals surface area contributed by atoms with E-state index in [0.29, 0.717) is 12.8 Å². The Morgan fingerprint density at radius 1 is 0.885 bits per heavy atom. The molecule has 0 amide bonds. The van der Waals surface area contributed by atoms with E-state index in [2.05, 4.69) is 6.58 Å². The average Bonchev–Trinajstić information content (AvgIpc) is 2.64. The van der Waals surface area contributed by atoms with Crippen molar-refractivity contribution in [3.05, 3.63) is 94.3 Å². The fraction of sp³-hybridized carbons (Fsp3) is 0.200. The lowest BCUT2D eigenvalue weighted by molar-refractivity contribution is 0.432. The first-order chi connectivity index (χ1) is 12.4. The van der Waals surface area contributed by atoms with Crippen molar-refractivity contribution in [2.45, 2.75) is 25.2 Å². The topological polar surface area (TPSA) is 0 Å². The molecule has 0 aliphatic rings. The third kappa shape index (κ3) is 4.52. The van der Waals surface area contributed by atoms with Crippen molar-refractivity contribution in [2.75, 3.05) is 0 Å². The molecule has 0 radical (unpaired) electrons. The van der Waals surface area contributed by atoms with Gasteiger partial charge in [-0.3, -0.25) is 0 Å². The predicted octanol–water partition coefficient (Wildman–Crippen LogP) is 6.88. The van der Waals surface area contributed by atoms with Gasteiger partial charge in [0.25, 0.3) is 0 Å². The van der Waals surface area contributed by atoms with Gasteiger partial charge in [0.05, 0.1) is 0 Å². The van der Waals surface area contributed by atoms with E-state index in [4.69, 9.17) is 11.6 Å². The zero-order valence-corrected chi connectivity index (χ0v) is 14.5. The highest BCUT2D eigenvalue weighted by atomic mass is 35.5. The van der Waals surface area contributed by atoms with Gasteiger partial charge in [-0.1, -0.05) is 42.0 Å². The first kappa shape index (κ1) is 20.2. The minimum absolute atomic E-state index is 0.206. The van der Waals surface area contributed by atoms with Gasteiger partial charge in [-0.25, -0.2) is 22.0 Å². The molecule has 6 heteroatoms. The normalized spacial score (nSPS) is 12.5. The fourth-order valence-electron chi connectivity index (χ4n) is 2.56. The molecule has 26 heavy (non-hydrogen) atoms. The lowest BCUT2D eigenvalue weighted by atomic mass is 9.92. The van der Waals surface area contributed by atoms with Crippen molar-refractivity contribution < 1.29 is 22.0 Å². The van der Waals surface area contributed by atoms with E-state index in [1.807, 2.05) is 6.08 Å². The lowest BCUT2D eigenvalue weighted by Gasteiger charge is -2.15. The summed E-state index contributed by atoms with van der Waals surface area (Å²) in [5.41, 5.74) is 0.188. The summed E-state index contributed by atoms with van der Waals surface area (Å²) in [7, 11) is 0. The summed E-state index contributed by atoms with van der Waals surface area (Å²) in [6.07, 6.45) is 6.01. The summed E-state index contributed by atoms with van der Waals surface area (Å²) in [6, 6.07) is 6.00. The van der Waals surface area contributed by atoms with Crippen molar-refractivity contribution in [3.63, 3.8) is 0 Å². The standard InChI is InChI=1S/C20H16ClF5/c1-2-13(15-17(23)19(25)16(21)20(26)18(15)24)7-5-3-4-6-12-8-10-14(22)11-9-12/h2-4,8-11,13H,1,5-7H2/b4-3+. The Hall–Kier alpha value is -2.14. The van der Waals surface area contributed by atoms with Crippen molar-refractivity contribution in [1.82, 2.24) is 0 Å². The van der Waals surface area contributed by atoms with E-state index in [9.17, 15) is 22.0 Å². The Kier molecular flexibility index (Phi) is 6.98. The van der Waals surface area contributed by atoms with Gasteiger partial charge < -0.3 is 0 Å². The second kappa shape index (κ2) is 8.99. The fourth-order valence-corrected chi connectivity index (χ4v) is 2.73. The van der Waals surface area contributed by atoms with Gasteiger partial charge in [0.2, 0.25) is 0 Å². The highest BCUT2D eigenvalue weighted by Crippen LogP contribution is 2.34. The van der Waals surface area contributed by atoms with Gasteiger partial charge in [-0.15, -0.1) is 6.58 Å². The number of halogens is 6. The summed E-state index contributed by atoms with van der Waals surface area (Å²) in [4.78, 5) is 0. The van der Waals surface area contributed by atoms with Crippen LogP contribution in [-0.4, -0.2) is 0 Å². The van der Waals surface area contributed by atoms with E-state index >= 15 is 0 Å². The zero-order chi connectivity index (χ0) is 19.3. The second-order valence-electron chi connectivity index (χ2n) is 5.71. The van der Waals surface area contributed by atoms with E-state index in [1.165, 1.54) is 18.2 Å². The Balaban J connectivity index is 2.05. The third-order valence-electron chi connectivity index (χ3n) is 3.98. The predicted molar refractivity (Wildman–Crippen MR) is 92.7 cm³/mol. The smallest absolute Gasteiger partial charge is 0.180 e. The molecule has 2 aromatic rings. The second-order valence-corrected chi connectivity index (χ2v) is 6.08. The maximum Gasteiger partial charge on any atom is 0.180 e. The summed E-state index contributed by atoms with van der Waals surface area (Å²) in [6.45, 7) is 3.49. The minimum atomic E-state index is -1.61. The monoisotopic (exact) mass is 386 g/mol. The molecule has 0 aliphatic heterocycles. The molecule has 0 N–H and O–H groups in total. The first-order valence-corrected chi connectivity index (χ1v) is 8.28. The van der Waals surface area contributed by atoms with E-state index in [-0.39, 0.29) is 12.2 Å². The molecule has 2 rings (SSSR count). The van der Waals surface area contributed by atoms with Crippen molar-refractivity contribution in [1.29, 1.82) is 0 Å². The van der Waals surface area contributed by atoms with Gasteiger partial charge >= 0.3 is 0 Å². The zero-order valence-electron chi connectivity index (χ0n) is 13.7. The number of hydrogen-bond donors (Lipinski definition) is 0. The van der Waals surface area contributed by atoms with Crippen LogP contribution in [0, 0.1) is 29.1 Å². The maximum atomic E-state index is 14.0. The van der Waals surface area contributed by atoms with Gasteiger partial charge in [0, 0.05) is 11.5 Å². The maximum absolute atomic E-state index is 14.0. The Bertz CT molecular complexity index is 783. The Morgan fingerprint density at radius 3 is 2.00 bits per heavy atom. The largest absolute Gasteiger partial charge is 0.207 e. The van der Waals surface area contributed by atoms with Crippen molar-refractivity contribution in [3.8, 4) is 0 Å². The van der Waals surface area contributed by atoms with Crippen molar-refractivity contribution in [2.24, 2.45) is 0 Å². The molecule has 1 atom stereocenters. The number of hydrogen-bond acceptors (Lipinski definition) is 0. The van der Waals surface area contributed by atoms with E-state index < -0.39 is 39.8 Å². The molecule has 0 nitrogen and oxygen atoms in total. The van der Waals surface area contributed by atoms with Crippen LogP contribution in [0.5, 0.6) is 0 Å². The number of benzene rings is 2. The SMILES string of the molecule is C=CC(CC/C=C/Cc1ccc(F)cc1)c1c(F)c(F)c(Cl)c(F)c1F. The average molecular weight is 387 g/mol. The van der Waals surface area contributed by atoms with E-state index in [0.717, 1.165) is 5.56 Å². The molecule has 0 heterocycles. The van der Waals surface area contributed by atoms with Crippen LogP contribution in [-0.2, 0) is 6.42 Å². The van der Waals surface area contributed by atoms with Crippen LogP contribution in [0.3, 0.4) is 0 Å². The molecule has 1 unspecified atom stereocenters. The quantitative estimate of drug-likeness (QED) is 0.210. The van der Waals surface area contributed by atoms with Crippen LogP contribution in [0.15, 0.2) is 49.1 Å². The van der Waals surface area contributed by atoms with Gasteiger partial charge in [-0.05, 0) is 37.0 Å². The minimum Gasteiger partial charge on any atom is -0.207 e. The van der Waals surface area contributed by atoms with Gasteiger partial charge in [0.15, 0.2) is 23.3 Å². The highest BCUT2D eigenvalue weighted by molar-refractivity contribution is 6.30. The summed E-state index contributed by atoms with van der Waals surface area (Å²) in [5.74, 6) is -7.47. The third-order valence-corrected chi connectivity index (χ3v) is 4.31. The van der Waals surface area contributed by atoms with Gasteiger partial charge in [-0.2, -0.15) is 0 Å². The molecule has 0 aliphatic carbocycles. The Labute approximate surface area is 153 Å². The molecule has 0 fully saturated rings. The molecule has 0 spiro atoms. The highest BCUT2D eigenvalue weighted by Gasteiger charge is 2.27. The molecular weight excluding hydrogens is 371 g/mol. The summed E-state index contributed by atoms with van der Waals surface area (Å²) < 4.78 is 68.0. The van der Waals surface area contributed by atoms with Crippen LogP contribution in [0.25, 0.3) is 0 Å². The van der Waals surface area contributed by atoms with Crippen molar-refractivity contribution >= 4 is 11.6 Å². The molecule has 2 aromatic carbocycles. The first-order valence-electron chi connectivity index (χ1n) is 7.90. The molecule has 0 saturated heterocycles. The van der Waals surface area contributed by atoms with Gasteiger partial charge in [0.1, 0.15) is 10.8 Å². The summed E-state index contributed by atoms with van der Waals surface area (Å²) >= 11 is 5.23. The van der Waals surface area contributed by atoms with Crippen LogP contribution in [0.1, 0.15) is 29.9 Å². The van der Waals surface area contributed by atoms with E-state index in [1.54, 1.807) is 18.2 Å².